The lowest BCUT2D eigenvalue weighted by Crippen LogP contribution is -2.37. The van der Waals surface area contributed by atoms with Crippen LogP contribution in [0, 0.1) is 10.1 Å². The number of nitro groups is 1. The van der Waals surface area contributed by atoms with Crippen LogP contribution in [0.2, 0.25) is 0 Å². The summed E-state index contributed by atoms with van der Waals surface area (Å²) in [5, 5.41) is 10.7. The van der Waals surface area contributed by atoms with Crippen LogP contribution in [-0.2, 0) is 9.53 Å². The van der Waals surface area contributed by atoms with E-state index < -0.39 is 16.9 Å². The number of primary amides is 1. The first kappa shape index (κ1) is 14.4. The van der Waals surface area contributed by atoms with Gasteiger partial charge in [0.05, 0.1) is 11.5 Å². The number of carbonyl (C=O) groups is 1. The number of benzene rings is 1. The molecule has 0 saturated carbocycles. The van der Waals surface area contributed by atoms with Gasteiger partial charge in [-0.3, -0.25) is 14.9 Å². The maximum atomic E-state index is 11.1. The molecule has 0 aliphatic carbocycles. The van der Waals surface area contributed by atoms with Crippen LogP contribution in [0.4, 0.5) is 5.69 Å². The molecule has 1 aromatic rings. The molecular formula is C10H11BrN2O5. The summed E-state index contributed by atoms with van der Waals surface area (Å²) in [6, 6.07) is 4.25. The number of nitro benzene ring substituents is 1. The van der Waals surface area contributed by atoms with Gasteiger partial charge in [0.15, 0.2) is 6.10 Å². The highest BCUT2D eigenvalue weighted by atomic mass is 79.9. The van der Waals surface area contributed by atoms with Crippen molar-refractivity contribution in [1.82, 2.24) is 0 Å². The zero-order valence-electron chi connectivity index (χ0n) is 9.46. The third kappa shape index (κ3) is 3.41. The van der Waals surface area contributed by atoms with Crippen LogP contribution in [-0.4, -0.2) is 30.7 Å². The van der Waals surface area contributed by atoms with E-state index in [4.69, 9.17) is 15.2 Å². The minimum atomic E-state index is -1.01. The number of methoxy groups -OCH3 is 1. The van der Waals surface area contributed by atoms with Gasteiger partial charge in [-0.15, -0.1) is 0 Å². The average Bonchev–Trinajstić information content (AvgIpc) is 2.30. The number of ether oxygens (including phenoxy) is 2. The Hall–Kier alpha value is -1.67. The predicted molar refractivity (Wildman–Crippen MR) is 66.3 cm³/mol. The molecule has 2 N–H and O–H groups in total. The molecule has 0 heterocycles. The van der Waals surface area contributed by atoms with Gasteiger partial charge in [-0.2, -0.15) is 0 Å². The summed E-state index contributed by atoms with van der Waals surface area (Å²) in [6.45, 7) is -0.0372. The molecule has 1 unspecified atom stereocenters. The molecule has 0 fully saturated rings. The van der Waals surface area contributed by atoms with Gasteiger partial charge in [-0.05, 0) is 22.0 Å². The molecule has 0 spiro atoms. The Morgan fingerprint density at radius 1 is 1.61 bits per heavy atom. The van der Waals surface area contributed by atoms with Crippen molar-refractivity contribution >= 4 is 27.5 Å². The zero-order chi connectivity index (χ0) is 13.7. The fraction of sp³-hybridized carbons (Fsp3) is 0.300. The number of carbonyl (C=O) groups excluding carboxylic acids is 1. The van der Waals surface area contributed by atoms with Gasteiger partial charge < -0.3 is 15.2 Å². The molecule has 7 nitrogen and oxygen atoms in total. The molecule has 1 aromatic carbocycles. The zero-order valence-corrected chi connectivity index (χ0v) is 11.0. The Balaban J connectivity index is 2.99. The van der Waals surface area contributed by atoms with Crippen LogP contribution < -0.4 is 10.5 Å². The number of amides is 1. The Bertz CT molecular complexity index is 466. The summed E-state index contributed by atoms with van der Waals surface area (Å²) in [4.78, 5) is 21.3. The van der Waals surface area contributed by atoms with E-state index in [0.717, 1.165) is 0 Å². The van der Waals surface area contributed by atoms with Crippen molar-refractivity contribution in [3.05, 3.63) is 32.8 Å². The van der Waals surface area contributed by atoms with E-state index >= 15 is 0 Å². The van der Waals surface area contributed by atoms with Crippen molar-refractivity contribution in [2.24, 2.45) is 5.73 Å². The molecule has 0 aliphatic rings. The number of rotatable bonds is 6. The lowest BCUT2D eigenvalue weighted by atomic mass is 10.3. The fourth-order valence-electron chi connectivity index (χ4n) is 1.21. The highest BCUT2D eigenvalue weighted by Crippen LogP contribution is 2.34. The van der Waals surface area contributed by atoms with Gasteiger partial charge in [0.25, 0.3) is 11.6 Å². The molecule has 0 radical (unpaired) electrons. The Morgan fingerprint density at radius 3 is 2.78 bits per heavy atom. The molecule has 0 aromatic heterocycles. The van der Waals surface area contributed by atoms with Crippen LogP contribution >= 0.6 is 15.9 Å². The van der Waals surface area contributed by atoms with Gasteiger partial charge in [-0.25, -0.2) is 0 Å². The number of nitrogens with two attached hydrogens (primary N) is 1. The summed E-state index contributed by atoms with van der Waals surface area (Å²) in [7, 11) is 1.39. The van der Waals surface area contributed by atoms with E-state index in [1.165, 1.54) is 25.3 Å². The van der Waals surface area contributed by atoms with Crippen molar-refractivity contribution in [1.29, 1.82) is 0 Å². The molecule has 0 saturated heterocycles. The monoisotopic (exact) mass is 318 g/mol. The van der Waals surface area contributed by atoms with Gasteiger partial charge >= 0.3 is 0 Å². The van der Waals surface area contributed by atoms with Crippen LogP contribution in [0.15, 0.2) is 22.7 Å². The van der Waals surface area contributed by atoms with E-state index in [-0.39, 0.29) is 22.5 Å². The van der Waals surface area contributed by atoms with Gasteiger partial charge in [0.1, 0.15) is 10.2 Å². The van der Waals surface area contributed by atoms with Crippen LogP contribution in [0.3, 0.4) is 0 Å². The molecule has 98 valence electrons. The van der Waals surface area contributed by atoms with E-state index in [1.807, 2.05) is 0 Å². The maximum absolute atomic E-state index is 11.1. The van der Waals surface area contributed by atoms with Gasteiger partial charge in [0, 0.05) is 13.2 Å². The molecule has 8 heteroatoms. The van der Waals surface area contributed by atoms with Crippen molar-refractivity contribution in [2.45, 2.75) is 6.10 Å². The number of hydrogen-bond donors (Lipinski definition) is 1. The third-order valence-corrected chi connectivity index (χ3v) is 2.84. The highest BCUT2D eigenvalue weighted by molar-refractivity contribution is 9.10. The Morgan fingerprint density at radius 2 is 2.28 bits per heavy atom. The average molecular weight is 319 g/mol. The van der Waals surface area contributed by atoms with E-state index in [1.54, 1.807) is 0 Å². The first-order valence-corrected chi connectivity index (χ1v) is 5.64. The summed E-state index contributed by atoms with van der Waals surface area (Å²) in [6.07, 6.45) is -1.01. The first-order chi connectivity index (χ1) is 8.47. The maximum Gasteiger partial charge on any atom is 0.287 e. The third-order valence-electron chi connectivity index (χ3n) is 2.04. The standard InChI is InChI=1S/C10H11BrN2O5/c1-17-5-8(10(12)14)18-7-4-2-3-6(9(7)11)13(15)16/h2-4,8H,5H2,1H3,(H2,12,14). The van der Waals surface area contributed by atoms with Gasteiger partial charge in [0.2, 0.25) is 0 Å². The second-order valence-electron chi connectivity index (χ2n) is 3.31. The van der Waals surface area contributed by atoms with Crippen molar-refractivity contribution < 1.29 is 19.2 Å². The summed E-state index contributed by atoms with van der Waals surface area (Å²) < 4.78 is 10.2. The number of nitrogens with zero attached hydrogens (tertiary/aromatic N) is 1. The normalized spacial score (nSPS) is 11.9. The largest absolute Gasteiger partial charge is 0.477 e. The molecule has 1 amide bonds. The quantitative estimate of drug-likeness (QED) is 0.627. The fourth-order valence-corrected chi connectivity index (χ4v) is 1.71. The lowest BCUT2D eigenvalue weighted by Gasteiger charge is -2.15. The lowest BCUT2D eigenvalue weighted by molar-refractivity contribution is -0.385. The second-order valence-corrected chi connectivity index (χ2v) is 4.10. The van der Waals surface area contributed by atoms with Crippen molar-refractivity contribution in [3.8, 4) is 5.75 Å². The number of halogens is 1. The Kier molecular flexibility index (Phi) is 5.05. The molecule has 0 bridgehead atoms. The number of hydrogen-bond acceptors (Lipinski definition) is 5. The Labute approximate surface area is 111 Å². The summed E-state index contributed by atoms with van der Waals surface area (Å²) in [5.41, 5.74) is 4.97. The molecule has 18 heavy (non-hydrogen) atoms. The summed E-state index contributed by atoms with van der Waals surface area (Å²) >= 11 is 3.05. The topological polar surface area (TPSA) is 105 Å². The minimum Gasteiger partial charge on any atom is -0.477 e. The molecule has 1 atom stereocenters. The molecular weight excluding hydrogens is 308 g/mol. The van der Waals surface area contributed by atoms with Crippen LogP contribution in [0.5, 0.6) is 5.75 Å². The van der Waals surface area contributed by atoms with Crippen LogP contribution in [0.1, 0.15) is 0 Å². The molecule has 1 rings (SSSR count). The van der Waals surface area contributed by atoms with Crippen molar-refractivity contribution in [2.75, 3.05) is 13.7 Å². The minimum absolute atomic E-state index is 0.0372. The van der Waals surface area contributed by atoms with E-state index in [0.29, 0.717) is 0 Å². The smallest absolute Gasteiger partial charge is 0.287 e. The van der Waals surface area contributed by atoms with E-state index in [9.17, 15) is 14.9 Å². The van der Waals surface area contributed by atoms with E-state index in [2.05, 4.69) is 15.9 Å². The van der Waals surface area contributed by atoms with Crippen molar-refractivity contribution in [3.63, 3.8) is 0 Å². The SMILES string of the molecule is COCC(Oc1cccc([N+](=O)[O-])c1Br)C(N)=O. The van der Waals surface area contributed by atoms with Crippen LogP contribution in [0.25, 0.3) is 0 Å². The predicted octanol–water partition coefficient (Wildman–Crippen LogP) is 1.24. The second kappa shape index (κ2) is 6.31. The first-order valence-electron chi connectivity index (χ1n) is 4.85. The van der Waals surface area contributed by atoms with Gasteiger partial charge in [-0.1, -0.05) is 6.07 Å². The molecule has 0 aliphatic heterocycles. The highest BCUT2D eigenvalue weighted by Gasteiger charge is 2.22. The summed E-state index contributed by atoms with van der Waals surface area (Å²) in [5.74, 6) is -0.555.